The molecule has 17 heavy (non-hydrogen) atoms. The van der Waals surface area contributed by atoms with Gasteiger partial charge in [-0.15, -0.1) is 0 Å². The first-order valence-corrected chi connectivity index (χ1v) is 6.21. The summed E-state index contributed by atoms with van der Waals surface area (Å²) < 4.78 is 0. The fourth-order valence-electron chi connectivity index (χ4n) is 2.69. The van der Waals surface area contributed by atoms with Crippen LogP contribution in [-0.2, 0) is 4.79 Å². The molecule has 1 aromatic rings. The number of nitrogens with zero attached hydrogens (tertiary/aromatic N) is 1. The van der Waals surface area contributed by atoms with Crippen LogP contribution in [-0.4, -0.2) is 19.0 Å². The number of nitrogens with one attached hydrogen (secondary N) is 1. The first-order chi connectivity index (χ1) is 8.33. The molecule has 1 saturated heterocycles. The summed E-state index contributed by atoms with van der Waals surface area (Å²) in [6.07, 6.45) is 2.12. The molecule has 0 atom stereocenters. The number of carbonyl (C=O) groups excluding carboxylic acids is 1. The van der Waals surface area contributed by atoms with Gasteiger partial charge in [-0.25, -0.2) is 0 Å². The maximum atomic E-state index is 12.4. The minimum Gasteiger partial charge on any atom is -0.388 e. The van der Waals surface area contributed by atoms with Crippen LogP contribution in [0.3, 0.4) is 0 Å². The first kappa shape index (κ1) is 10.4. The van der Waals surface area contributed by atoms with Crippen LogP contribution in [0.2, 0.25) is 0 Å². The Balaban J connectivity index is 2.18. The summed E-state index contributed by atoms with van der Waals surface area (Å²) >= 11 is 0. The molecule has 1 fully saturated rings. The number of carbonyl (C=O) groups is 1. The number of rotatable bonds is 1. The number of fused-ring (bicyclic) bond motifs is 1. The Morgan fingerprint density at radius 2 is 2.18 bits per heavy atom. The van der Waals surface area contributed by atoms with Crippen LogP contribution < -0.4 is 10.2 Å². The molecule has 0 spiro atoms. The molecule has 88 valence electrons. The topological polar surface area (TPSA) is 32.3 Å². The van der Waals surface area contributed by atoms with Crippen molar-refractivity contribution >= 4 is 17.2 Å². The van der Waals surface area contributed by atoms with Crippen molar-refractivity contribution in [1.29, 1.82) is 0 Å². The highest BCUT2D eigenvalue weighted by atomic mass is 16.2. The zero-order valence-corrected chi connectivity index (χ0v) is 9.99. The molecule has 2 aliphatic heterocycles. The lowest BCUT2D eigenvalue weighted by Gasteiger charge is -2.13. The SMILES string of the molecule is CCN1C(=O)C(=C2CCCN2)c2ccccc21. The van der Waals surface area contributed by atoms with Gasteiger partial charge in [0.15, 0.2) is 0 Å². The number of amides is 1. The molecular formula is C14H16N2O. The monoisotopic (exact) mass is 228 g/mol. The van der Waals surface area contributed by atoms with Gasteiger partial charge in [-0.1, -0.05) is 18.2 Å². The van der Waals surface area contributed by atoms with E-state index in [0.717, 1.165) is 48.5 Å². The third-order valence-corrected chi connectivity index (χ3v) is 3.48. The quantitative estimate of drug-likeness (QED) is 0.747. The number of hydrogen-bond acceptors (Lipinski definition) is 2. The Labute approximate surface area is 101 Å². The van der Waals surface area contributed by atoms with E-state index in [1.807, 2.05) is 36.1 Å². The average molecular weight is 228 g/mol. The second-order valence-corrected chi connectivity index (χ2v) is 4.45. The summed E-state index contributed by atoms with van der Waals surface area (Å²) in [6, 6.07) is 8.07. The molecular weight excluding hydrogens is 212 g/mol. The molecule has 1 aromatic carbocycles. The number of anilines is 1. The molecule has 0 saturated carbocycles. The number of para-hydroxylation sites is 1. The smallest absolute Gasteiger partial charge is 0.260 e. The molecule has 3 heteroatoms. The molecule has 0 bridgehead atoms. The fourth-order valence-corrected chi connectivity index (χ4v) is 2.69. The van der Waals surface area contributed by atoms with Gasteiger partial charge in [0, 0.05) is 24.4 Å². The summed E-state index contributed by atoms with van der Waals surface area (Å²) in [5.74, 6) is 0.151. The van der Waals surface area contributed by atoms with E-state index >= 15 is 0 Å². The van der Waals surface area contributed by atoms with Gasteiger partial charge < -0.3 is 10.2 Å². The summed E-state index contributed by atoms with van der Waals surface area (Å²) in [5.41, 5.74) is 4.15. The van der Waals surface area contributed by atoms with Crippen molar-refractivity contribution in [2.45, 2.75) is 19.8 Å². The third-order valence-electron chi connectivity index (χ3n) is 3.48. The highest BCUT2D eigenvalue weighted by Crippen LogP contribution is 2.38. The Morgan fingerprint density at radius 1 is 1.35 bits per heavy atom. The fraction of sp³-hybridized carbons (Fsp3) is 0.357. The Hall–Kier alpha value is -1.77. The van der Waals surface area contributed by atoms with E-state index in [1.165, 1.54) is 0 Å². The zero-order valence-electron chi connectivity index (χ0n) is 9.99. The molecule has 2 aliphatic rings. The lowest BCUT2D eigenvalue weighted by atomic mass is 10.0. The van der Waals surface area contributed by atoms with Crippen molar-refractivity contribution in [3.05, 3.63) is 35.5 Å². The predicted molar refractivity (Wildman–Crippen MR) is 68.6 cm³/mol. The van der Waals surface area contributed by atoms with Crippen LogP contribution >= 0.6 is 0 Å². The van der Waals surface area contributed by atoms with Gasteiger partial charge in [-0.2, -0.15) is 0 Å². The molecule has 0 aliphatic carbocycles. The van der Waals surface area contributed by atoms with E-state index < -0.39 is 0 Å². The number of allylic oxidation sites excluding steroid dienone is 1. The number of hydrogen-bond donors (Lipinski definition) is 1. The molecule has 0 aromatic heterocycles. The summed E-state index contributed by atoms with van der Waals surface area (Å²) in [4.78, 5) is 14.3. The van der Waals surface area contributed by atoms with Crippen molar-refractivity contribution in [3.63, 3.8) is 0 Å². The minimum atomic E-state index is 0.151. The Kier molecular flexibility index (Phi) is 2.39. The van der Waals surface area contributed by atoms with E-state index in [0.29, 0.717) is 0 Å². The maximum absolute atomic E-state index is 12.4. The Morgan fingerprint density at radius 3 is 2.88 bits per heavy atom. The maximum Gasteiger partial charge on any atom is 0.260 e. The summed E-state index contributed by atoms with van der Waals surface area (Å²) in [6.45, 7) is 3.73. The molecule has 1 N–H and O–H groups in total. The molecule has 2 heterocycles. The Bertz CT molecular complexity index is 497. The lowest BCUT2D eigenvalue weighted by Crippen LogP contribution is -2.26. The zero-order chi connectivity index (χ0) is 11.8. The van der Waals surface area contributed by atoms with Gasteiger partial charge in [-0.05, 0) is 25.8 Å². The minimum absolute atomic E-state index is 0.151. The number of benzene rings is 1. The molecule has 1 amide bonds. The number of likely N-dealkylation sites (N-methyl/N-ethyl adjacent to an activating group) is 1. The highest BCUT2D eigenvalue weighted by Gasteiger charge is 2.33. The van der Waals surface area contributed by atoms with E-state index in [9.17, 15) is 4.79 Å². The van der Waals surface area contributed by atoms with Gasteiger partial charge in [-0.3, -0.25) is 4.79 Å². The van der Waals surface area contributed by atoms with E-state index in [2.05, 4.69) is 5.32 Å². The molecule has 0 unspecified atom stereocenters. The van der Waals surface area contributed by atoms with Crippen molar-refractivity contribution in [1.82, 2.24) is 5.32 Å². The van der Waals surface area contributed by atoms with Crippen molar-refractivity contribution < 1.29 is 4.79 Å². The lowest BCUT2D eigenvalue weighted by molar-refractivity contribution is -0.113. The summed E-state index contributed by atoms with van der Waals surface area (Å²) in [5, 5.41) is 3.35. The van der Waals surface area contributed by atoms with E-state index in [1.54, 1.807) is 0 Å². The van der Waals surface area contributed by atoms with Crippen molar-refractivity contribution in [2.75, 3.05) is 18.0 Å². The average Bonchev–Trinajstić information content (AvgIpc) is 2.93. The molecule has 0 radical (unpaired) electrons. The highest BCUT2D eigenvalue weighted by molar-refractivity contribution is 6.33. The van der Waals surface area contributed by atoms with Crippen LogP contribution in [0.4, 0.5) is 5.69 Å². The van der Waals surface area contributed by atoms with Gasteiger partial charge >= 0.3 is 0 Å². The van der Waals surface area contributed by atoms with Gasteiger partial charge in [0.05, 0.1) is 11.3 Å². The van der Waals surface area contributed by atoms with Crippen molar-refractivity contribution in [2.24, 2.45) is 0 Å². The van der Waals surface area contributed by atoms with Crippen LogP contribution in [0.25, 0.3) is 5.57 Å². The van der Waals surface area contributed by atoms with Crippen LogP contribution in [0, 0.1) is 0 Å². The normalized spacial score (nSPS) is 22.9. The second kappa shape index (κ2) is 3.91. The second-order valence-electron chi connectivity index (χ2n) is 4.45. The van der Waals surface area contributed by atoms with Crippen LogP contribution in [0.5, 0.6) is 0 Å². The third kappa shape index (κ3) is 1.46. The van der Waals surface area contributed by atoms with Crippen molar-refractivity contribution in [3.8, 4) is 0 Å². The largest absolute Gasteiger partial charge is 0.388 e. The van der Waals surface area contributed by atoms with Crippen LogP contribution in [0.1, 0.15) is 25.3 Å². The van der Waals surface area contributed by atoms with Crippen LogP contribution in [0.15, 0.2) is 30.0 Å². The van der Waals surface area contributed by atoms with Gasteiger partial charge in [0.25, 0.3) is 5.91 Å². The predicted octanol–water partition coefficient (Wildman–Crippen LogP) is 2.15. The molecule has 3 nitrogen and oxygen atoms in total. The summed E-state index contributed by atoms with van der Waals surface area (Å²) in [7, 11) is 0. The first-order valence-electron chi connectivity index (χ1n) is 6.21. The molecule has 3 rings (SSSR count). The van der Waals surface area contributed by atoms with Gasteiger partial charge in [0.1, 0.15) is 0 Å². The van der Waals surface area contributed by atoms with E-state index in [-0.39, 0.29) is 5.91 Å². The van der Waals surface area contributed by atoms with E-state index in [4.69, 9.17) is 0 Å². The van der Waals surface area contributed by atoms with Gasteiger partial charge in [0.2, 0.25) is 0 Å². The standard InChI is InChI=1S/C14H16N2O/c1-2-16-12-8-4-3-6-10(12)13(14(16)17)11-7-5-9-15-11/h3-4,6,8,15H,2,5,7,9H2,1H3.